The fraction of sp³-hybridized carbons (Fsp3) is 0.850. The van der Waals surface area contributed by atoms with E-state index in [-0.39, 0.29) is 18.7 Å². The van der Waals surface area contributed by atoms with Gasteiger partial charge in [0, 0.05) is 6.42 Å². The van der Waals surface area contributed by atoms with Crippen molar-refractivity contribution < 1.29 is 29.7 Å². The van der Waals surface area contributed by atoms with Crippen LogP contribution in [0.3, 0.4) is 0 Å². The first-order chi connectivity index (χ1) is 13.2. The fourth-order valence-corrected chi connectivity index (χ4v) is 2.92. The van der Waals surface area contributed by atoms with Gasteiger partial charge in [0.2, 0.25) is 11.8 Å². The number of aliphatic hydroxyl groups is 2. The molecule has 0 aromatic carbocycles. The standard InChI is InChI=1S/C20H38N2O6/c1-4-6-7-8-9-10-11-13-16(25)21-18(15(24)12-5-2)19(26)22-17(14(3)23)20(27)28/h14-15,17-18,23-24H,4-13H2,1-3H3,(H,21,25)(H,22,26)(H,27,28). The molecule has 0 aromatic rings. The van der Waals surface area contributed by atoms with E-state index >= 15 is 0 Å². The molecule has 0 saturated carbocycles. The Morgan fingerprint density at radius 1 is 0.821 bits per heavy atom. The second kappa shape index (κ2) is 15.3. The van der Waals surface area contributed by atoms with Gasteiger partial charge < -0.3 is 26.0 Å². The molecule has 0 rings (SSSR count). The summed E-state index contributed by atoms with van der Waals surface area (Å²) in [5.41, 5.74) is 0. The second-order valence-electron chi connectivity index (χ2n) is 7.34. The van der Waals surface area contributed by atoms with Crippen LogP contribution >= 0.6 is 0 Å². The van der Waals surface area contributed by atoms with E-state index in [0.29, 0.717) is 12.8 Å². The minimum atomic E-state index is -1.51. The van der Waals surface area contributed by atoms with Gasteiger partial charge in [-0.2, -0.15) is 0 Å². The molecular formula is C20H38N2O6. The molecule has 0 spiro atoms. The SMILES string of the molecule is CCCCCCCCCC(=O)NC(C(=O)NC(C(=O)O)C(C)O)C(O)CCC. The van der Waals surface area contributed by atoms with E-state index in [1.807, 2.05) is 6.92 Å². The Bertz CT molecular complexity index is 470. The molecule has 0 heterocycles. The third-order valence-electron chi connectivity index (χ3n) is 4.62. The van der Waals surface area contributed by atoms with Crippen LogP contribution in [-0.2, 0) is 14.4 Å². The van der Waals surface area contributed by atoms with Gasteiger partial charge in [-0.1, -0.05) is 58.8 Å². The maximum Gasteiger partial charge on any atom is 0.328 e. The molecule has 0 saturated heterocycles. The molecule has 0 aliphatic carbocycles. The topological polar surface area (TPSA) is 136 Å². The number of carboxylic acids is 1. The van der Waals surface area contributed by atoms with Crippen molar-refractivity contribution in [3.8, 4) is 0 Å². The number of aliphatic carboxylic acids is 1. The zero-order chi connectivity index (χ0) is 21.5. The average Bonchev–Trinajstić information content (AvgIpc) is 2.62. The summed E-state index contributed by atoms with van der Waals surface area (Å²) in [6, 6.07) is -2.76. The van der Waals surface area contributed by atoms with E-state index < -0.39 is 36.2 Å². The highest BCUT2D eigenvalue weighted by Gasteiger charge is 2.32. The number of nitrogens with one attached hydrogen (secondary N) is 2. The normalized spacial score (nSPS) is 15.3. The van der Waals surface area contributed by atoms with Crippen LogP contribution < -0.4 is 10.6 Å². The first kappa shape index (κ1) is 26.3. The lowest BCUT2D eigenvalue weighted by molar-refractivity contribution is -0.145. The number of aliphatic hydroxyl groups excluding tert-OH is 2. The highest BCUT2D eigenvalue weighted by atomic mass is 16.4. The summed E-state index contributed by atoms with van der Waals surface area (Å²) in [4.78, 5) is 35.8. The third-order valence-corrected chi connectivity index (χ3v) is 4.62. The van der Waals surface area contributed by atoms with E-state index in [1.54, 1.807) is 0 Å². The van der Waals surface area contributed by atoms with Crippen LogP contribution in [-0.4, -0.2) is 57.4 Å². The summed E-state index contributed by atoms with van der Waals surface area (Å²) >= 11 is 0. The smallest absolute Gasteiger partial charge is 0.328 e. The van der Waals surface area contributed by atoms with Crippen molar-refractivity contribution in [1.29, 1.82) is 0 Å². The molecule has 28 heavy (non-hydrogen) atoms. The quantitative estimate of drug-likeness (QED) is 0.249. The van der Waals surface area contributed by atoms with Gasteiger partial charge in [0.05, 0.1) is 12.2 Å². The molecule has 4 atom stereocenters. The number of unbranched alkanes of at least 4 members (excludes halogenated alkanes) is 6. The molecule has 0 fully saturated rings. The number of amides is 2. The molecule has 2 amide bonds. The van der Waals surface area contributed by atoms with Gasteiger partial charge in [0.15, 0.2) is 6.04 Å². The molecule has 0 aliphatic rings. The minimum Gasteiger partial charge on any atom is -0.480 e. The van der Waals surface area contributed by atoms with Crippen molar-refractivity contribution in [3.05, 3.63) is 0 Å². The van der Waals surface area contributed by atoms with Crippen molar-refractivity contribution >= 4 is 17.8 Å². The molecule has 0 bridgehead atoms. The van der Waals surface area contributed by atoms with Gasteiger partial charge in [-0.15, -0.1) is 0 Å². The highest BCUT2D eigenvalue weighted by molar-refractivity contribution is 5.91. The van der Waals surface area contributed by atoms with E-state index in [1.165, 1.54) is 26.2 Å². The number of rotatable bonds is 16. The van der Waals surface area contributed by atoms with E-state index in [4.69, 9.17) is 5.11 Å². The maximum absolute atomic E-state index is 12.4. The monoisotopic (exact) mass is 402 g/mol. The van der Waals surface area contributed by atoms with Crippen molar-refractivity contribution in [1.82, 2.24) is 10.6 Å². The predicted molar refractivity (Wildman–Crippen MR) is 107 cm³/mol. The second-order valence-corrected chi connectivity index (χ2v) is 7.34. The Hall–Kier alpha value is -1.67. The van der Waals surface area contributed by atoms with Crippen molar-refractivity contribution in [2.45, 2.75) is 109 Å². The van der Waals surface area contributed by atoms with Crippen LogP contribution in [0.5, 0.6) is 0 Å². The summed E-state index contributed by atoms with van der Waals surface area (Å²) in [6.07, 6.45) is 6.10. The number of hydrogen-bond acceptors (Lipinski definition) is 5. The lowest BCUT2D eigenvalue weighted by Gasteiger charge is -2.26. The first-order valence-electron chi connectivity index (χ1n) is 10.4. The summed E-state index contributed by atoms with van der Waals surface area (Å²) in [7, 11) is 0. The number of carbonyl (C=O) groups excluding carboxylic acids is 2. The van der Waals surface area contributed by atoms with Gasteiger partial charge in [-0.25, -0.2) is 4.79 Å². The molecule has 0 aliphatic heterocycles. The lowest BCUT2D eigenvalue weighted by atomic mass is 10.0. The van der Waals surface area contributed by atoms with Crippen LogP contribution in [0.15, 0.2) is 0 Å². The summed E-state index contributed by atoms with van der Waals surface area (Å²) in [5.74, 6) is -2.56. The van der Waals surface area contributed by atoms with Gasteiger partial charge >= 0.3 is 5.97 Å². The summed E-state index contributed by atoms with van der Waals surface area (Å²) in [6.45, 7) is 5.23. The Balaban J connectivity index is 4.64. The summed E-state index contributed by atoms with van der Waals surface area (Å²) in [5, 5.41) is 33.5. The summed E-state index contributed by atoms with van der Waals surface area (Å²) < 4.78 is 0. The van der Waals surface area contributed by atoms with Crippen LogP contribution in [0.1, 0.15) is 85.0 Å². The Labute approximate surface area is 168 Å². The molecule has 0 radical (unpaired) electrons. The highest BCUT2D eigenvalue weighted by Crippen LogP contribution is 2.09. The fourth-order valence-electron chi connectivity index (χ4n) is 2.92. The Morgan fingerprint density at radius 2 is 1.39 bits per heavy atom. The van der Waals surface area contributed by atoms with E-state index in [9.17, 15) is 24.6 Å². The van der Waals surface area contributed by atoms with Crippen molar-refractivity contribution in [2.24, 2.45) is 0 Å². The molecule has 164 valence electrons. The van der Waals surface area contributed by atoms with Crippen LogP contribution in [0, 0.1) is 0 Å². The molecule has 0 aromatic heterocycles. The van der Waals surface area contributed by atoms with Gasteiger partial charge in [-0.05, 0) is 19.8 Å². The molecular weight excluding hydrogens is 364 g/mol. The third kappa shape index (κ3) is 11.2. The Morgan fingerprint density at radius 3 is 1.89 bits per heavy atom. The number of carboxylic acid groups (broad SMARTS) is 1. The lowest BCUT2D eigenvalue weighted by Crippen LogP contribution is -2.58. The molecule has 8 nitrogen and oxygen atoms in total. The van der Waals surface area contributed by atoms with Gasteiger partial charge in [-0.3, -0.25) is 9.59 Å². The predicted octanol–water partition coefficient (Wildman–Crippen LogP) is 1.72. The van der Waals surface area contributed by atoms with Gasteiger partial charge in [0.1, 0.15) is 6.04 Å². The van der Waals surface area contributed by atoms with Gasteiger partial charge in [0.25, 0.3) is 0 Å². The Kier molecular flexibility index (Phi) is 14.4. The van der Waals surface area contributed by atoms with Crippen molar-refractivity contribution in [2.75, 3.05) is 0 Å². The zero-order valence-corrected chi connectivity index (χ0v) is 17.4. The van der Waals surface area contributed by atoms with E-state index in [0.717, 1.165) is 19.3 Å². The van der Waals surface area contributed by atoms with Crippen LogP contribution in [0.25, 0.3) is 0 Å². The van der Waals surface area contributed by atoms with Crippen LogP contribution in [0.2, 0.25) is 0 Å². The average molecular weight is 403 g/mol. The first-order valence-corrected chi connectivity index (χ1v) is 10.4. The largest absolute Gasteiger partial charge is 0.480 e. The molecule has 4 unspecified atom stereocenters. The molecule has 5 N–H and O–H groups in total. The number of carbonyl (C=O) groups is 3. The zero-order valence-electron chi connectivity index (χ0n) is 17.4. The van der Waals surface area contributed by atoms with Crippen LogP contribution in [0.4, 0.5) is 0 Å². The van der Waals surface area contributed by atoms with Crippen molar-refractivity contribution in [3.63, 3.8) is 0 Å². The molecule has 8 heteroatoms. The number of hydrogen-bond donors (Lipinski definition) is 5. The minimum absolute atomic E-state index is 0.245. The van der Waals surface area contributed by atoms with E-state index in [2.05, 4.69) is 17.6 Å². The maximum atomic E-state index is 12.4.